The molecule has 0 aliphatic carbocycles. The maximum atomic E-state index is 12.0. The highest BCUT2D eigenvalue weighted by molar-refractivity contribution is 6.07. The van der Waals surface area contributed by atoms with E-state index in [0.717, 1.165) is 5.56 Å². The van der Waals surface area contributed by atoms with Gasteiger partial charge in [0.15, 0.2) is 5.78 Å². The van der Waals surface area contributed by atoms with Crippen LogP contribution in [0.2, 0.25) is 0 Å². The molecule has 4 heteroatoms. The summed E-state index contributed by atoms with van der Waals surface area (Å²) in [5, 5.41) is 0. The van der Waals surface area contributed by atoms with E-state index in [2.05, 4.69) is 0 Å². The fourth-order valence-corrected chi connectivity index (χ4v) is 1.98. The molecule has 0 spiro atoms. The molecular formula is C15H17NO3. The minimum atomic E-state index is -0.458. The van der Waals surface area contributed by atoms with Crippen molar-refractivity contribution in [1.82, 2.24) is 0 Å². The lowest BCUT2D eigenvalue weighted by Gasteiger charge is -2.29. The molecule has 1 aliphatic rings. The molecule has 1 heterocycles. The van der Waals surface area contributed by atoms with Crippen LogP contribution in [0.5, 0.6) is 11.5 Å². The van der Waals surface area contributed by atoms with Crippen molar-refractivity contribution in [2.24, 2.45) is 5.73 Å². The number of ether oxygens (including phenoxy) is 2. The minimum absolute atomic E-state index is 0.187. The molecule has 1 aromatic rings. The van der Waals surface area contributed by atoms with E-state index in [1.54, 1.807) is 19.2 Å². The van der Waals surface area contributed by atoms with Crippen LogP contribution in [0.4, 0.5) is 0 Å². The summed E-state index contributed by atoms with van der Waals surface area (Å²) in [6.07, 6.45) is 6.39. The van der Waals surface area contributed by atoms with Gasteiger partial charge in [-0.05, 0) is 44.3 Å². The Hall–Kier alpha value is -2.23. The van der Waals surface area contributed by atoms with Gasteiger partial charge in [0.2, 0.25) is 0 Å². The number of fused-ring (bicyclic) bond motifs is 1. The van der Waals surface area contributed by atoms with Gasteiger partial charge in [-0.3, -0.25) is 4.79 Å². The summed E-state index contributed by atoms with van der Waals surface area (Å²) in [6.45, 7) is 3.86. The molecule has 1 aliphatic heterocycles. The second-order valence-corrected chi connectivity index (χ2v) is 4.82. The molecule has 0 atom stereocenters. The second-order valence-electron chi connectivity index (χ2n) is 4.82. The second kappa shape index (κ2) is 4.80. The molecule has 0 aromatic heterocycles. The lowest BCUT2D eigenvalue weighted by atomic mass is 9.97. The standard InChI is InChI=1S/C15H17NO3/c1-15(2)8-6-11-13(18-3)5-4-10(14(11)19-15)12(17)7-9-16/h4-9H,16H2,1-3H3/b9-7+. The highest BCUT2D eigenvalue weighted by atomic mass is 16.5. The van der Waals surface area contributed by atoms with Crippen molar-refractivity contribution in [3.05, 3.63) is 41.6 Å². The number of rotatable bonds is 3. The van der Waals surface area contributed by atoms with Crippen LogP contribution in [0.3, 0.4) is 0 Å². The van der Waals surface area contributed by atoms with Gasteiger partial charge in [0, 0.05) is 6.08 Å². The maximum Gasteiger partial charge on any atom is 0.191 e. The number of carbonyl (C=O) groups excluding carboxylic acids is 1. The summed E-state index contributed by atoms with van der Waals surface area (Å²) in [5.41, 5.74) is 6.07. The number of hydrogen-bond donors (Lipinski definition) is 1. The number of hydrogen-bond acceptors (Lipinski definition) is 4. The molecule has 2 N–H and O–H groups in total. The van der Waals surface area contributed by atoms with Crippen LogP contribution in [0.25, 0.3) is 6.08 Å². The first-order valence-electron chi connectivity index (χ1n) is 6.00. The summed E-state index contributed by atoms with van der Waals surface area (Å²) < 4.78 is 11.2. The number of allylic oxidation sites excluding steroid dienone is 1. The summed E-state index contributed by atoms with van der Waals surface area (Å²) in [6, 6.07) is 3.44. The van der Waals surface area contributed by atoms with E-state index in [1.807, 2.05) is 26.0 Å². The zero-order valence-corrected chi connectivity index (χ0v) is 11.3. The third kappa shape index (κ3) is 2.47. The molecular weight excluding hydrogens is 242 g/mol. The first-order valence-corrected chi connectivity index (χ1v) is 6.00. The Bertz CT molecular complexity index is 571. The molecule has 0 unspecified atom stereocenters. The van der Waals surface area contributed by atoms with Gasteiger partial charge < -0.3 is 15.2 Å². The molecule has 100 valence electrons. The highest BCUT2D eigenvalue weighted by Crippen LogP contribution is 2.39. The highest BCUT2D eigenvalue weighted by Gasteiger charge is 2.27. The Morgan fingerprint density at radius 2 is 2.16 bits per heavy atom. The van der Waals surface area contributed by atoms with Crippen molar-refractivity contribution in [2.75, 3.05) is 7.11 Å². The van der Waals surface area contributed by atoms with Gasteiger partial charge in [-0.15, -0.1) is 0 Å². The third-order valence-corrected chi connectivity index (χ3v) is 2.91. The Morgan fingerprint density at radius 1 is 1.42 bits per heavy atom. The number of benzene rings is 1. The Morgan fingerprint density at radius 3 is 2.79 bits per heavy atom. The quantitative estimate of drug-likeness (QED) is 0.669. The number of nitrogens with two attached hydrogens (primary N) is 1. The van der Waals surface area contributed by atoms with Crippen LogP contribution in [-0.4, -0.2) is 18.5 Å². The van der Waals surface area contributed by atoms with Gasteiger partial charge in [-0.2, -0.15) is 0 Å². The van der Waals surface area contributed by atoms with E-state index in [4.69, 9.17) is 15.2 Å². The van der Waals surface area contributed by atoms with Crippen LogP contribution in [0, 0.1) is 0 Å². The average molecular weight is 259 g/mol. The first kappa shape index (κ1) is 13.2. The van der Waals surface area contributed by atoms with Crippen molar-refractivity contribution < 1.29 is 14.3 Å². The van der Waals surface area contributed by atoms with Crippen LogP contribution in [0.1, 0.15) is 29.8 Å². The molecule has 0 saturated carbocycles. The minimum Gasteiger partial charge on any atom is -0.496 e. The van der Waals surface area contributed by atoms with Crippen molar-refractivity contribution in [3.8, 4) is 11.5 Å². The summed E-state index contributed by atoms with van der Waals surface area (Å²) >= 11 is 0. The molecule has 19 heavy (non-hydrogen) atoms. The predicted octanol–water partition coefficient (Wildman–Crippen LogP) is 2.53. The fraction of sp³-hybridized carbons (Fsp3) is 0.267. The lowest BCUT2D eigenvalue weighted by Crippen LogP contribution is -2.28. The normalized spacial score (nSPS) is 15.9. The number of carbonyl (C=O) groups is 1. The average Bonchev–Trinajstić information content (AvgIpc) is 2.36. The van der Waals surface area contributed by atoms with E-state index in [9.17, 15) is 4.79 Å². The van der Waals surface area contributed by atoms with Crippen molar-refractivity contribution in [2.45, 2.75) is 19.4 Å². The van der Waals surface area contributed by atoms with Crippen LogP contribution in [-0.2, 0) is 0 Å². The molecule has 0 amide bonds. The summed E-state index contributed by atoms with van der Waals surface area (Å²) in [5.74, 6) is 1.03. The van der Waals surface area contributed by atoms with E-state index in [-0.39, 0.29) is 5.78 Å². The predicted molar refractivity (Wildman–Crippen MR) is 74.4 cm³/mol. The molecule has 0 bridgehead atoms. The van der Waals surface area contributed by atoms with Crippen LogP contribution in [0.15, 0.2) is 30.5 Å². The molecule has 0 radical (unpaired) electrons. The molecule has 0 saturated heterocycles. The Labute approximate surface area is 112 Å². The van der Waals surface area contributed by atoms with E-state index < -0.39 is 5.60 Å². The van der Waals surface area contributed by atoms with Crippen molar-refractivity contribution in [1.29, 1.82) is 0 Å². The summed E-state index contributed by atoms with van der Waals surface area (Å²) in [7, 11) is 1.59. The van der Waals surface area contributed by atoms with Gasteiger partial charge in [0.25, 0.3) is 0 Å². The molecule has 1 aromatic carbocycles. The lowest BCUT2D eigenvalue weighted by molar-refractivity contribution is 0.103. The Balaban J connectivity index is 2.61. The largest absolute Gasteiger partial charge is 0.496 e. The first-order chi connectivity index (χ1) is 8.98. The third-order valence-electron chi connectivity index (χ3n) is 2.91. The number of methoxy groups -OCH3 is 1. The SMILES string of the molecule is COc1ccc(C(=O)/C=C/N)c2c1C=CC(C)(C)O2. The zero-order valence-electron chi connectivity index (χ0n) is 11.3. The molecule has 4 nitrogen and oxygen atoms in total. The van der Waals surface area contributed by atoms with E-state index >= 15 is 0 Å². The van der Waals surface area contributed by atoms with Gasteiger partial charge in [-0.25, -0.2) is 0 Å². The zero-order chi connectivity index (χ0) is 14.0. The number of ketones is 1. The maximum absolute atomic E-state index is 12.0. The van der Waals surface area contributed by atoms with Gasteiger partial charge in [-0.1, -0.05) is 0 Å². The van der Waals surface area contributed by atoms with E-state index in [1.165, 1.54) is 12.3 Å². The van der Waals surface area contributed by atoms with Gasteiger partial charge in [0.05, 0.1) is 18.2 Å². The fourth-order valence-electron chi connectivity index (χ4n) is 1.98. The van der Waals surface area contributed by atoms with Crippen LogP contribution < -0.4 is 15.2 Å². The summed E-state index contributed by atoms with van der Waals surface area (Å²) in [4.78, 5) is 12.0. The van der Waals surface area contributed by atoms with Gasteiger partial charge in [0.1, 0.15) is 17.1 Å². The van der Waals surface area contributed by atoms with Crippen molar-refractivity contribution >= 4 is 11.9 Å². The molecule has 0 fully saturated rings. The topological polar surface area (TPSA) is 61.5 Å². The van der Waals surface area contributed by atoms with E-state index in [0.29, 0.717) is 17.1 Å². The van der Waals surface area contributed by atoms with Gasteiger partial charge >= 0.3 is 0 Å². The molecule has 2 rings (SSSR count). The van der Waals surface area contributed by atoms with Crippen molar-refractivity contribution in [3.63, 3.8) is 0 Å². The smallest absolute Gasteiger partial charge is 0.191 e. The Kier molecular flexibility index (Phi) is 3.34. The monoisotopic (exact) mass is 259 g/mol. The van der Waals surface area contributed by atoms with Crippen LogP contribution >= 0.6 is 0 Å².